The topological polar surface area (TPSA) is 71.3 Å². The van der Waals surface area contributed by atoms with Gasteiger partial charge in [0.05, 0.1) is 0 Å². The lowest BCUT2D eigenvalue weighted by Crippen LogP contribution is -2.15. The number of furan rings is 1. The van der Waals surface area contributed by atoms with E-state index in [9.17, 15) is 9.59 Å². The van der Waals surface area contributed by atoms with Crippen molar-refractivity contribution in [3.05, 3.63) is 95.2 Å². The Morgan fingerprint density at radius 1 is 0.812 bits per heavy atom. The van der Waals surface area contributed by atoms with Crippen molar-refractivity contribution in [3.63, 3.8) is 0 Å². The second-order valence-electron chi connectivity index (χ2n) is 8.91. The standard InChI is InChI=1S/C27H26N2O3/c1-17-15-21(28-25(30)18-9-11-20(12-10-18)27(2,3)4)13-14-22(17)29-26(31)24-16-19-7-5-6-8-23(19)32-24/h5-16H,1-4H3,(H,28,30)(H,29,31). The number of anilines is 2. The Morgan fingerprint density at radius 3 is 2.19 bits per heavy atom. The van der Waals surface area contributed by atoms with Gasteiger partial charge in [-0.25, -0.2) is 0 Å². The molecule has 1 aromatic heterocycles. The van der Waals surface area contributed by atoms with E-state index in [0.29, 0.717) is 22.5 Å². The SMILES string of the molecule is Cc1cc(NC(=O)c2ccc(C(C)(C)C)cc2)ccc1NC(=O)c1cc2ccccc2o1. The lowest BCUT2D eigenvalue weighted by molar-refractivity contribution is 0.0996. The summed E-state index contributed by atoms with van der Waals surface area (Å²) in [5, 5.41) is 6.67. The van der Waals surface area contributed by atoms with Crippen molar-refractivity contribution in [2.24, 2.45) is 0 Å². The Bertz CT molecular complexity index is 1260. The van der Waals surface area contributed by atoms with Crippen LogP contribution in [0.25, 0.3) is 11.0 Å². The molecule has 0 atom stereocenters. The maximum Gasteiger partial charge on any atom is 0.291 e. The highest BCUT2D eigenvalue weighted by Gasteiger charge is 2.16. The number of amides is 2. The molecule has 0 bridgehead atoms. The first-order valence-corrected chi connectivity index (χ1v) is 10.5. The van der Waals surface area contributed by atoms with E-state index in [1.165, 1.54) is 5.56 Å². The van der Waals surface area contributed by atoms with Crippen LogP contribution in [0, 0.1) is 6.92 Å². The number of benzene rings is 3. The number of hydrogen-bond acceptors (Lipinski definition) is 3. The van der Waals surface area contributed by atoms with E-state index < -0.39 is 0 Å². The van der Waals surface area contributed by atoms with E-state index in [1.807, 2.05) is 61.5 Å². The zero-order chi connectivity index (χ0) is 22.9. The predicted octanol–water partition coefficient (Wildman–Crippen LogP) is 6.54. The molecule has 3 aromatic carbocycles. The van der Waals surface area contributed by atoms with Gasteiger partial charge in [0.15, 0.2) is 5.76 Å². The molecule has 32 heavy (non-hydrogen) atoms. The third-order valence-electron chi connectivity index (χ3n) is 5.39. The zero-order valence-corrected chi connectivity index (χ0v) is 18.7. The first-order chi connectivity index (χ1) is 15.2. The number of nitrogens with one attached hydrogen (secondary N) is 2. The Balaban J connectivity index is 1.44. The summed E-state index contributed by atoms with van der Waals surface area (Å²) >= 11 is 0. The first-order valence-electron chi connectivity index (χ1n) is 10.5. The van der Waals surface area contributed by atoms with Crippen LogP contribution in [0.4, 0.5) is 11.4 Å². The van der Waals surface area contributed by atoms with Crippen LogP contribution in [0.2, 0.25) is 0 Å². The van der Waals surface area contributed by atoms with E-state index in [1.54, 1.807) is 18.2 Å². The van der Waals surface area contributed by atoms with E-state index >= 15 is 0 Å². The number of aryl methyl sites for hydroxylation is 1. The van der Waals surface area contributed by atoms with Gasteiger partial charge in [0.2, 0.25) is 0 Å². The number of para-hydroxylation sites is 1. The van der Waals surface area contributed by atoms with Crippen molar-refractivity contribution in [3.8, 4) is 0 Å². The summed E-state index contributed by atoms with van der Waals surface area (Å²) in [6.07, 6.45) is 0. The van der Waals surface area contributed by atoms with Gasteiger partial charge in [0.1, 0.15) is 5.58 Å². The van der Waals surface area contributed by atoms with Gasteiger partial charge in [0.25, 0.3) is 11.8 Å². The van der Waals surface area contributed by atoms with E-state index in [0.717, 1.165) is 10.9 Å². The van der Waals surface area contributed by atoms with E-state index in [-0.39, 0.29) is 23.0 Å². The average Bonchev–Trinajstić information content (AvgIpc) is 3.19. The number of rotatable bonds is 4. The molecular formula is C27H26N2O3. The molecule has 5 heteroatoms. The quantitative estimate of drug-likeness (QED) is 0.389. The number of hydrogen-bond donors (Lipinski definition) is 2. The monoisotopic (exact) mass is 426 g/mol. The Morgan fingerprint density at radius 2 is 1.53 bits per heavy atom. The molecular weight excluding hydrogens is 400 g/mol. The number of carbonyl (C=O) groups is 2. The maximum atomic E-state index is 12.6. The molecule has 4 aromatic rings. The Labute approximate surface area is 187 Å². The summed E-state index contributed by atoms with van der Waals surface area (Å²) in [6.45, 7) is 8.29. The summed E-state index contributed by atoms with van der Waals surface area (Å²) in [5.74, 6) is -0.245. The first kappa shape index (κ1) is 21.4. The Kier molecular flexibility index (Phi) is 5.57. The van der Waals surface area contributed by atoms with Crippen molar-refractivity contribution in [2.75, 3.05) is 10.6 Å². The minimum Gasteiger partial charge on any atom is -0.451 e. The fourth-order valence-electron chi connectivity index (χ4n) is 3.48. The molecule has 5 nitrogen and oxygen atoms in total. The van der Waals surface area contributed by atoms with Crippen molar-refractivity contribution in [1.82, 2.24) is 0 Å². The van der Waals surface area contributed by atoms with Crippen LogP contribution >= 0.6 is 0 Å². The van der Waals surface area contributed by atoms with Crippen LogP contribution in [0.3, 0.4) is 0 Å². The minimum atomic E-state index is -0.319. The van der Waals surface area contributed by atoms with Gasteiger partial charge in [-0.3, -0.25) is 9.59 Å². The normalized spacial score (nSPS) is 11.4. The molecule has 0 spiro atoms. The highest BCUT2D eigenvalue weighted by atomic mass is 16.3. The van der Waals surface area contributed by atoms with Gasteiger partial charge in [-0.1, -0.05) is 51.1 Å². The van der Waals surface area contributed by atoms with Crippen molar-refractivity contribution >= 4 is 34.2 Å². The summed E-state index contributed by atoms with van der Waals surface area (Å²) in [4.78, 5) is 25.2. The van der Waals surface area contributed by atoms with Gasteiger partial charge >= 0.3 is 0 Å². The molecule has 0 aliphatic rings. The zero-order valence-electron chi connectivity index (χ0n) is 18.7. The summed E-state index contributed by atoms with van der Waals surface area (Å²) in [6, 6.07) is 22.2. The van der Waals surface area contributed by atoms with E-state index in [2.05, 4.69) is 31.4 Å². The van der Waals surface area contributed by atoms with Crippen molar-refractivity contribution in [2.45, 2.75) is 33.1 Å². The molecule has 2 N–H and O–H groups in total. The summed E-state index contributed by atoms with van der Waals surface area (Å²) < 4.78 is 5.63. The predicted molar refractivity (Wildman–Crippen MR) is 128 cm³/mol. The highest BCUT2D eigenvalue weighted by Crippen LogP contribution is 2.25. The maximum absolute atomic E-state index is 12.6. The molecule has 0 saturated heterocycles. The van der Waals surface area contributed by atoms with Crippen LogP contribution in [0.15, 0.2) is 77.2 Å². The fourth-order valence-corrected chi connectivity index (χ4v) is 3.48. The summed E-state index contributed by atoms with van der Waals surface area (Å²) in [7, 11) is 0. The number of fused-ring (bicyclic) bond motifs is 1. The minimum absolute atomic E-state index is 0.0365. The molecule has 162 valence electrons. The largest absolute Gasteiger partial charge is 0.451 e. The van der Waals surface area contributed by atoms with Crippen molar-refractivity contribution < 1.29 is 14.0 Å². The molecule has 0 unspecified atom stereocenters. The molecule has 2 amide bonds. The fraction of sp³-hybridized carbons (Fsp3) is 0.185. The van der Waals surface area contributed by atoms with Crippen molar-refractivity contribution in [1.29, 1.82) is 0 Å². The van der Waals surface area contributed by atoms with Gasteiger partial charge in [0, 0.05) is 22.3 Å². The lowest BCUT2D eigenvalue weighted by Gasteiger charge is -2.19. The smallest absolute Gasteiger partial charge is 0.291 e. The number of carbonyl (C=O) groups excluding carboxylic acids is 2. The van der Waals surface area contributed by atoms with Gasteiger partial charge < -0.3 is 15.1 Å². The molecule has 1 heterocycles. The molecule has 4 rings (SSSR count). The van der Waals surface area contributed by atoms with Crippen LogP contribution < -0.4 is 10.6 Å². The summed E-state index contributed by atoms with van der Waals surface area (Å²) in [5.41, 5.74) is 4.62. The van der Waals surface area contributed by atoms with Crippen LogP contribution in [-0.2, 0) is 5.41 Å². The van der Waals surface area contributed by atoms with Crippen LogP contribution in [-0.4, -0.2) is 11.8 Å². The van der Waals surface area contributed by atoms with Gasteiger partial charge in [-0.05, 0) is 65.9 Å². The molecule has 0 aliphatic heterocycles. The average molecular weight is 427 g/mol. The highest BCUT2D eigenvalue weighted by molar-refractivity contribution is 6.06. The molecule has 0 aliphatic carbocycles. The second kappa shape index (κ2) is 8.35. The van der Waals surface area contributed by atoms with Gasteiger partial charge in [-0.2, -0.15) is 0 Å². The lowest BCUT2D eigenvalue weighted by atomic mass is 9.87. The van der Waals surface area contributed by atoms with Crippen LogP contribution in [0.1, 0.15) is 52.8 Å². The Hall–Kier alpha value is -3.86. The molecule has 0 radical (unpaired) electrons. The van der Waals surface area contributed by atoms with Gasteiger partial charge in [-0.15, -0.1) is 0 Å². The molecule has 0 fully saturated rings. The second-order valence-corrected chi connectivity index (χ2v) is 8.91. The molecule has 0 saturated carbocycles. The third-order valence-corrected chi connectivity index (χ3v) is 5.39. The third kappa shape index (κ3) is 4.57. The van der Waals surface area contributed by atoms with E-state index in [4.69, 9.17) is 4.42 Å². The van der Waals surface area contributed by atoms with Crippen LogP contribution in [0.5, 0.6) is 0 Å².